The fraction of sp³-hybridized carbons (Fsp3) is 0.389. The Morgan fingerprint density at radius 3 is 2.72 bits per heavy atom. The number of carbonyl (C=O) groups is 2. The highest BCUT2D eigenvalue weighted by Crippen LogP contribution is 2.28. The van der Waals surface area contributed by atoms with Gasteiger partial charge >= 0.3 is 0 Å². The normalized spacial score (nSPS) is 16.6. The fourth-order valence-electron chi connectivity index (χ4n) is 2.85. The summed E-state index contributed by atoms with van der Waals surface area (Å²) in [5.41, 5.74) is 2.31. The second kappa shape index (κ2) is 6.84. The zero-order chi connectivity index (χ0) is 18.1. The van der Waals surface area contributed by atoms with Crippen molar-refractivity contribution < 1.29 is 9.59 Å². The summed E-state index contributed by atoms with van der Waals surface area (Å²) in [6, 6.07) is 7.39. The summed E-state index contributed by atoms with van der Waals surface area (Å²) < 4.78 is 0. The van der Waals surface area contributed by atoms with E-state index >= 15 is 0 Å². The van der Waals surface area contributed by atoms with E-state index in [1.54, 1.807) is 11.0 Å². The lowest BCUT2D eigenvalue weighted by Crippen LogP contribution is -2.53. The van der Waals surface area contributed by atoms with Crippen LogP contribution in [-0.2, 0) is 4.79 Å². The molecule has 1 aliphatic rings. The lowest BCUT2D eigenvalue weighted by atomic mass is 10.0. The van der Waals surface area contributed by atoms with E-state index in [0.29, 0.717) is 10.7 Å². The number of fused-ring (bicyclic) bond motifs is 1. The number of aryl methyl sites for hydroxylation is 2. The van der Waals surface area contributed by atoms with E-state index in [0.717, 1.165) is 16.3 Å². The predicted molar refractivity (Wildman–Crippen MR) is 99.9 cm³/mol. The van der Waals surface area contributed by atoms with Crippen molar-refractivity contribution in [2.24, 2.45) is 5.92 Å². The average Bonchev–Trinajstić information content (AvgIpc) is 2.87. The van der Waals surface area contributed by atoms with Gasteiger partial charge in [-0.2, -0.15) is 0 Å². The maximum atomic E-state index is 12.9. The monoisotopic (exact) mass is 358 g/mol. The first-order chi connectivity index (χ1) is 11.9. The molecule has 0 radical (unpaired) electrons. The molecule has 0 saturated heterocycles. The number of thiazole rings is 1. The van der Waals surface area contributed by atoms with E-state index in [1.807, 2.05) is 45.9 Å². The molecule has 7 heteroatoms. The summed E-state index contributed by atoms with van der Waals surface area (Å²) in [5.74, 6) is -0.210. The van der Waals surface area contributed by atoms with Crippen LogP contribution in [-0.4, -0.2) is 34.4 Å². The molecule has 0 saturated carbocycles. The van der Waals surface area contributed by atoms with Crippen molar-refractivity contribution in [1.29, 1.82) is 0 Å². The zero-order valence-electron chi connectivity index (χ0n) is 14.8. The average molecular weight is 358 g/mol. The summed E-state index contributed by atoms with van der Waals surface area (Å²) in [4.78, 5) is 32.3. The number of aromatic nitrogens is 1. The van der Waals surface area contributed by atoms with Gasteiger partial charge in [0.15, 0.2) is 5.13 Å². The first-order valence-corrected chi connectivity index (χ1v) is 9.09. The fourth-order valence-corrected chi connectivity index (χ4v) is 3.68. The van der Waals surface area contributed by atoms with E-state index in [1.165, 1.54) is 11.3 Å². The van der Waals surface area contributed by atoms with Crippen LogP contribution in [0.5, 0.6) is 0 Å². The van der Waals surface area contributed by atoms with Gasteiger partial charge in [-0.1, -0.05) is 26.0 Å². The third-order valence-corrected chi connectivity index (χ3v) is 5.27. The third-order valence-electron chi connectivity index (χ3n) is 4.28. The minimum Gasteiger partial charge on any atom is -0.364 e. The highest BCUT2D eigenvalue weighted by Gasteiger charge is 2.34. The molecule has 0 aliphatic carbocycles. The van der Waals surface area contributed by atoms with Crippen molar-refractivity contribution in [3.63, 3.8) is 0 Å². The molecule has 1 aliphatic heterocycles. The smallest absolute Gasteiger partial charge is 0.258 e. The first-order valence-electron chi connectivity index (χ1n) is 8.27. The van der Waals surface area contributed by atoms with Crippen molar-refractivity contribution in [3.8, 4) is 0 Å². The topological polar surface area (TPSA) is 74.3 Å². The van der Waals surface area contributed by atoms with Gasteiger partial charge in [-0.25, -0.2) is 4.98 Å². The Morgan fingerprint density at radius 1 is 1.36 bits per heavy atom. The number of nitrogens with one attached hydrogen (secondary N) is 2. The van der Waals surface area contributed by atoms with Crippen LogP contribution in [0.1, 0.15) is 34.8 Å². The number of hydrogen-bond donors (Lipinski definition) is 2. The Balaban J connectivity index is 1.79. The Hall–Kier alpha value is -2.41. The van der Waals surface area contributed by atoms with E-state index in [-0.39, 0.29) is 30.4 Å². The molecule has 6 nitrogen and oxygen atoms in total. The molecule has 1 aromatic heterocycles. The molecule has 0 spiro atoms. The van der Waals surface area contributed by atoms with E-state index in [2.05, 4.69) is 15.6 Å². The van der Waals surface area contributed by atoms with Crippen molar-refractivity contribution >= 4 is 34.0 Å². The van der Waals surface area contributed by atoms with Gasteiger partial charge in [-0.05, 0) is 31.9 Å². The minimum absolute atomic E-state index is 0.0132. The molecule has 2 heterocycles. The van der Waals surface area contributed by atoms with E-state index < -0.39 is 0 Å². The Morgan fingerprint density at radius 2 is 2.08 bits per heavy atom. The molecule has 1 atom stereocenters. The molecule has 2 N–H and O–H groups in total. The molecule has 2 amide bonds. The van der Waals surface area contributed by atoms with Crippen LogP contribution in [0.25, 0.3) is 0 Å². The SMILES string of the molecule is Cc1nc(NC(=O)CN2C(=O)c3ccccc3NC2C(C)C)sc1C. The Bertz CT molecular complexity index is 796. The van der Waals surface area contributed by atoms with E-state index in [4.69, 9.17) is 0 Å². The summed E-state index contributed by atoms with van der Waals surface area (Å²) in [5, 5.41) is 6.74. The number of benzene rings is 1. The quantitative estimate of drug-likeness (QED) is 0.880. The van der Waals surface area contributed by atoms with Crippen LogP contribution in [0.4, 0.5) is 10.8 Å². The number of nitrogens with zero attached hydrogens (tertiary/aromatic N) is 2. The number of para-hydroxylation sites is 1. The maximum Gasteiger partial charge on any atom is 0.258 e. The summed E-state index contributed by atoms with van der Waals surface area (Å²) in [7, 11) is 0. The molecule has 3 rings (SSSR count). The number of hydrogen-bond acceptors (Lipinski definition) is 5. The lowest BCUT2D eigenvalue weighted by molar-refractivity contribution is -0.117. The number of carbonyl (C=O) groups excluding carboxylic acids is 2. The molecular weight excluding hydrogens is 336 g/mol. The molecule has 1 unspecified atom stereocenters. The maximum absolute atomic E-state index is 12.9. The molecule has 0 bridgehead atoms. The summed E-state index contributed by atoms with van der Waals surface area (Å²) >= 11 is 1.44. The molecule has 132 valence electrons. The van der Waals surface area contributed by atoms with Crippen LogP contribution >= 0.6 is 11.3 Å². The Labute approximate surface area is 151 Å². The van der Waals surface area contributed by atoms with Crippen LogP contribution < -0.4 is 10.6 Å². The van der Waals surface area contributed by atoms with E-state index in [9.17, 15) is 9.59 Å². The zero-order valence-corrected chi connectivity index (χ0v) is 15.6. The molecule has 1 aromatic carbocycles. The van der Waals surface area contributed by atoms with Crippen molar-refractivity contribution in [2.75, 3.05) is 17.2 Å². The molecular formula is C18H22N4O2S. The van der Waals surface area contributed by atoms with Crippen LogP contribution in [0, 0.1) is 19.8 Å². The van der Waals surface area contributed by atoms with Crippen molar-refractivity contribution in [1.82, 2.24) is 9.88 Å². The van der Waals surface area contributed by atoms with Crippen LogP contribution in [0.2, 0.25) is 0 Å². The highest BCUT2D eigenvalue weighted by atomic mass is 32.1. The number of amides is 2. The lowest BCUT2D eigenvalue weighted by Gasteiger charge is -2.39. The van der Waals surface area contributed by atoms with Gasteiger partial charge < -0.3 is 15.5 Å². The van der Waals surface area contributed by atoms with Crippen molar-refractivity contribution in [2.45, 2.75) is 33.9 Å². The van der Waals surface area contributed by atoms with Gasteiger partial charge in [0.2, 0.25) is 5.91 Å². The van der Waals surface area contributed by atoms with Gasteiger partial charge in [-0.15, -0.1) is 11.3 Å². The van der Waals surface area contributed by atoms with Gasteiger partial charge in [0.05, 0.1) is 11.3 Å². The van der Waals surface area contributed by atoms with Crippen molar-refractivity contribution in [3.05, 3.63) is 40.4 Å². The highest BCUT2D eigenvalue weighted by molar-refractivity contribution is 7.15. The summed E-state index contributed by atoms with van der Waals surface area (Å²) in [6.07, 6.45) is -0.229. The minimum atomic E-state index is -0.242. The van der Waals surface area contributed by atoms with Gasteiger partial charge in [-0.3, -0.25) is 9.59 Å². The number of rotatable bonds is 4. The largest absolute Gasteiger partial charge is 0.364 e. The molecule has 0 fully saturated rings. The molecule has 25 heavy (non-hydrogen) atoms. The van der Waals surface area contributed by atoms with Gasteiger partial charge in [0.1, 0.15) is 12.7 Å². The van der Waals surface area contributed by atoms with Crippen LogP contribution in [0.15, 0.2) is 24.3 Å². The second-order valence-corrected chi connectivity index (χ2v) is 7.72. The predicted octanol–water partition coefficient (Wildman–Crippen LogP) is 3.25. The Kier molecular flexibility index (Phi) is 4.76. The second-order valence-electron chi connectivity index (χ2n) is 6.52. The van der Waals surface area contributed by atoms with Gasteiger partial charge in [0.25, 0.3) is 5.91 Å². The summed E-state index contributed by atoms with van der Waals surface area (Å²) in [6.45, 7) is 7.91. The third kappa shape index (κ3) is 3.51. The number of anilines is 2. The van der Waals surface area contributed by atoms with Crippen LogP contribution in [0.3, 0.4) is 0 Å². The molecule has 2 aromatic rings. The first kappa shape index (κ1) is 17.4. The standard InChI is InChI=1S/C18H22N4O2S/c1-10(2)16-20-14-8-6-5-7-13(14)17(24)22(16)9-15(23)21-18-19-11(3)12(4)25-18/h5-8,10,16,20H,9H2,1-4H3,(H,19,21,23). The van der Waals surface area contributed by atoms with Gasteiger partial charge in [0, 0.05) is 10.6 Å².